The van der Waals surface area contributed by atoms with Crippen LogP contribution in [0.3, 0.4) is 0 Å². The van der Waals surface area contributed by atoms with E-state index in [1.165, 1.54) is 7.11 Å². The van der Waals surface area contributed by atoms with Crippen molar-refractivity contribution in [1.29, 1.82) is 0 Å². The zero-order valence-corrected chi connectivity index (χ0v) is 11.9. The molecule has 0 radical (unpaired) electrons. The van der Waals surface area contributed by atoms with Crippen molar-refractivity contribution >= 4 is 34.2 Å². The maximum absolute atomic E-state index is 11.6. The van der Waals surface area contributed by atoms with E-state index in [1.807, 2.05) is 19.9 Å². The van der Waals surface area contributed by atoms with Crippen LogP contribution in [0.2, 0.25) is 5.02 Å². The lowest BCUT2D eigenvalue weighted by Crippen LogP contribution is -2.17. The van der Waals surface area contributed by atoms with E-state index in [4.69, 9.17) is 20.8 Å². The van der Waals surface area contributed by atoms with Crippen molar-refractivity contribution < 1.29 is 13.9 Å². The Labute approximate surface area is 116 Å². The summed E-state index contributed by atoms with van der Waals surface area (Å²) in [5.41, 5.74) is 2.29. The molecule has 102 valence electrons. The summed E-state index contributed by atoms with van der Waals surface area (Å²) in [6.45, 7) is 4.01. The van der Waals surface area contributed by atoms with Crippen molar-refractivity contribution in [2.75, 3.05) is 19.0 Å². The average Bonchev–Trinajstić information content (AvgIpc) is 2.67. The van der Waals surface area contributed by atoms with Crippen LogP contribution in [0.1, 0.15) is 18.2 Å². The Kier molecular flexibility index (Phi) is 4.12. The molecular weight excluding hydrogens is 266 g/mol. The first-order valence-corrected chi connectivity index (χ1v) is 6.45. The summed E-state index contributed by atoms with van der Waals surface area (Å²) >= 11 is 6.08. The van der Waals surface area contributed by atoms with Crippen molar-refractivity contribution in [3.8, 4) is 0 Å². The highest BCUT2D eigenvalue weighted by Gasteiger charge is 2.15. The molecule has 0 aliphatic heterocycles. The molecule has 0 saturated heterocycles. The minimum absolute atomic E-state index is 0.00562. The molecule has 0 saturated carbocycles. The lowest BCUT2D eigenvalue weighted by molar-refractivity contribution is -0.119. The Morgan fingerprint density at radius 1 is 1.47 bits per heavy atom. The molecule has 4 nitrogen and oxygen atoms in total. The number of furan rings is 1. The molecule has 0 aliphatic carbocycles. The molecular formula is C14H16ClNO3. The molecule has 0 fully saturated rings. The van der Waals surface area contributed by atoms with Gasteiger partial charge in [0.1, 0.15) is 12.4 Å². The highest BCUT2D eigenvalue weighted by atomic mass is 35.5. The third kappa shape index (κ3) is 2.74. The summed E-state index contributed by atoms with van der Waals surface area (Å²) in [4.78, 5) is 11.6. The average molecular weight is 282 g/mol. The lowest BCUT2D eigenvalue weighted by atomic mass is 10.1. The highest BCUT2D eigenvalue weighted by Crippen LogP contribution is 2.34. The Balaban J connectivity index is 2.51. The van der Waals surface area contributed by atoms with Crippen LogP contribution in [0.5, 0.6) is 0 Å². The summed E-state index contributed by atoms with van der Waals surface area (Å²) in [6.07, 6.45) is 0.795. The smallest absolute Gasteiger partial charge is 0.250 e. The van der Waals surface area contributed by atoms with E-state index >= 15 is 0 Å². The molecule has 1 aromatic heterocycles. The molecule has 0 spiro atoms. The standard InChI is InChI=1S/C14H16ClNO3/c1-4-12-8(2)10-5-9(15)6-11(14(10)19-12)16-13(17)7-18-3/h5-6H,4,7H2,1-3H3,(H,16,17). The number of ether oxygens (including phenoxy) is 1. The van der Waals surface area contributed by atoms with E-state index in [0.717, 1.165) is 23.1 Å². The van der Waals surface area contributed by atoms with Gasteiger partial charge in [0.2, 0.25) is 5.91 Å². The molecule has 1 aromatic carbocycles. The van der Waals surface area contributed by atoms with Gasteiger partial charge < -0.3 is 14.5 Å². The van der Waals surface area contributed by atoms with E-state index in [0.29, 0.717) is 16.3 Å². The quantitative estimate of drug-likeness (QED) is 0.932. The van der Waals surface area contributed by atoms with Gasteiger partial charge in [0, 0.05) is 23.9 Å². The number of benzene rings is 1. The monoisotopic (exact) mass is 281 g/mol. The number of hydrogen-bond donors (Lipinski definition) is 1. The van der Waals surface area contributed by atoms with Gasteiger partial charge in [0.25, 0.3) is 0 Å². The minimum atomic E-state index is -0.238. The van der Waals surface area contributed by atoms with E-state index < -0.39 is 0 Å². The number of aryl methyl sites for hydroxylation is 2. The van der Waals surface area contributed by atoms with Crippen molar-refractivity contribution in [2.45, 2.75) is 20.3 Å². The Morgan fingerprint density at radius 2 is 2.21 bits per heavy atom. The summed E-state index contributed by atoms with van der Waals surface area (Å²) in [5, 5.41) is 4.24. The number of hydrogen-bond acceptors (Lipinski definition) is 3. The summed E-state index contributed by atoms with van der Waals surface area (Å²) in [5.74, 6) is 0.665. The van der Waals surface area contributed by atoms with E-state index in [9.17, 15) is 4.79 Å². The van der Waals surface area contributed by atoms with Gasteiger partial charge >= 0.3 is 0 Å². The van der Waals surface area contributed by atoms with Crippen molar-refractivity contribution in [3.05, 3.63) is 28.5 Å². The van der Waals surface area contributed by atoms with Crippen molar-refractivity contribution in [3.63, 3.8) is 0 Å². The fourth-order valence-electron chi connectivity index (χ4n) is 2.08. The van der Waals surface area contributed by atoms with E-state index in [1.54, 1.807) is 6.07 Å². The topological polar surface area (TPSA) is 51.5 Å². The second kappa shape index (κ2) is 5.63. The van der Waals surface area contributed by atoms with Crippen LogP contribution in [-0.4, -0.2) is 19.6 Å². The van der Waals surface area contributed by atoms with Gasteiger partial charge in [0.05, 0.1) is 5.69 Å². The van der Waals surface area contributed by atoms with Crippen LogP contribution < -0.4 is 5.32 Å². The van der Waals surface area contributed by atoms with Gasteiger partial charge in [-0.1, -0.05) is 18.5 Å². The number of nitrogens with one attached hydrogen (secondary N) is 1. The second-order valence-electron chi connectivity index (χ2n) is 4.32. The largest absolute Gasteiger partial charge is 0.459 e. The molecule has 0 bridgehead atoms. The third-order valence-corrected chi connectivity index (χ3v) is 3.19. The predicted molar refractivity (Wildman–Crippen MR) is 75.8 cm³/mol. The maximum Gasteiger partial charge on any atom is 0.250 e. The van der Waals surface area contributed by atoms with Gasteiger partial charge in [0.15, 0.2) is 5.58 Å². The first kappa shape index (κ1) is 13.9. The Morgan fingerprint density at radius 3 is 2.84 bits per heavy atom. The minimum Gasteiger partial charge on any atom is -0.459 e. The summed E-state index contributed by atoms with van der Waals surface area (Å²) < 4.78 is 10.6. The fourth-order valence-corrected chi connectivity index (χ4v) is 2.30. The molecule has 0 atom stereocenters. The summed E-state index contributed by atoms with van der Waals surface area (Å²) in [7, 11) is 1.47. The van der Waals surface area contributed by atoms with Crippen molar-refractivity contribution in [1.82, 2.24) is 0 Å². The van der Waals surface area contributed by atoms with Crippen LogP contribution in [0.25, 0.3) is 11.0 Å². The number of halogens is 1. The normalized spacial score (nSPS) is 10.9. The van der Waals surface area contributed by atoms with Crippen LogP contribution in [-0.2, 0) is 16.0 Å². The Hall–Kier alpha value is -1.52. The maximum atomic E-state index is 11.6. The zero-order valence-electron chi connectivity index (χ0n) is 11.2. The fraction of sp³-hybridized carbons (Fsp3) is 0.357. The lowest BCUT2D eigenvalue weighted by Gasteiger charge is -2.05. The molecule has 0 unspecified atom stereocenters. The van der Waals surface area contributed by atoms with Gasteiger partial charge in [-0.15, -0.1) is 0 Å². The van der Waals surface area contributed by atoms with Gasteiger partial charge in [-0.25, -0.2) is 0 Å². The molecule has 1 heterocycles. The number of amides is 1. The molecule has 19 heavy (non-hydrogen) atoms. The van der Waals surface area contributed by atoms with Gasteiger partial charge in [-0.2, -0.15) is 0 Å². The van der Waals surface area contributed by atoms with E-state index in [-0.39, 0.29) is 12.5 Å². The second-order valence-corrected chi connectivity index (χ2v) is 4.75. The molecule has 1 amide bonds. The number of anilines is 1. The first-order chi connectivity index (χ1) is 9.06. The number of fused-ring (bicyclic) bond motifs is 1. The van der Waals surface area contributed by atoms with Gasteiger partial charge in [-0.3, -0.25) is 4.79 Å². The molecule has 5 heteroatoms. The molecule has 1 N–H and O–H groups in total. The van der Waals surface area contributed by atoms with Crippen LogP contribution >= 0.6 is 11.6 Å². The van der Waals surface area contributed by atoms with Crippen molar-refractivity contribution in [2.24, 2.45) is 0 Å². The van der Waals surface area contributed by atoms with Crippen LogP contribution in [0.4, 0.5) is 5.69 Å². The summed E-state index contributed by atoms with van der Waals surface area (Å²) in [6, 6.07) is 3.53. The van der Waals surface area contributed by atoms with E-state index in [2.05, 4.69) is 5.32 Å². The SMILES string of the molecule is CCc1oc2c(NC(=O)COC)cc(Cl)cc2c1C. The third-order valence-electron chi connectivity index (χ3n) is 2.97. The molecule has 2 rings (SSSR count). The molecule has 0 aliphatic rings. The first-order valence-electron chi connectivity index (χ1n) is 6.07. The number of carbonyl (C=O) groups excluding carboxylic acids is 1. The predicted octanol–water partition coefficient (Wildman–Crippen LogP) is 3.54. The Bertz CT molecular complexity index is 619. The number of rotatable bonds is 4. The van der Waals surface area contributed by atoms with Crippen LogP contribution in [0, 0.1) is 6.92 Å². The highest BCUT2D eigenvalue weighted by molar-refractivity contribution is 6.32. The van der Waals surface area contributed by atoms with Crippen LogP contribution in [0.15, 0.2) is 16.5 Å². The number of methoxy groups -OCH3 is 1. The van der Waals surface area contributed by atoms with Gasteiger partial charge in [-0.05, 0) is 24.6 Å². The number of carbonyl (C=O) groups is 1. The molecule has 2 aromatic rings. The zero-order chi connectivity index (χ0) is 14.0.